The second-order valence-corrected chi connectivity index (χ2v) is 11.7. The van der Waals surface area contributed by atoms with Gasteiger partial charge in [0.05, 0.1) is 0 Å². The summed E-state index contributed by atoms with van der Waals surface area (Å²) in [5, 5.41) is 0.465. The van der Waals surface area contributed by atoms with Gasteiger partial charge in [-0.2, -0.15) is 8.78 Å². The number of alkyl halides is 2. The molecule has 0 radical (unpaired) electrons. The monoisotopic (exact) mass is 545 g/mol. The van der Waals surface area contributed by atoms with E-state index in [1.54, 1.807) is 37.5 Å². The van der Waals surface area contributed by atoms with Crippen LogP contribution in [0, 0.1) is 0 Å². The molecule has 2 aliphatic rings. The largest absolute Gasteiger partial charge is 0.393 e. The van der Waals surface area contributed by atoms with E-state index >= 15 is 8.78 Å². The van der Waals surface area contributed by atoms with Gasteiger partial charge in [0.2, 0.25) is 19.8 Å². The molecular formula is C22H25B7ClF2N3O4. The van der Waals surface area contributed by atoms with E-state index in [2.05, 4.69) is 5.32 Å². The molecule has 2 aliphatic heterocycles. The van der Waals surface area contributed by atoms with Crippen molar-refractivity contribution in [2.24, 2.45) is 0 Å². The zero-order chi connectivity index (χ0) is 29.2. The Morgan fingerprint density at radius 1 is 1.10 bits per heavy atom. The fraction of sp³-hybridized carbons (Fsp3) is 0.273. The third-order valence-corrected chi connectivity index (χ3v) is 8.64. The summed E-state index contributed by atoms with van der Waals surface area (Å²) in [5.74, 6) is -6.41. The number of hydrogen-bond donors (Lipinski definition) is 1. The highest BCUT2D eigenvalue weighted by Crippen LogP contribution is 2.39. The van der Waals surface area contributed by atoms with E-state index in [0.29, 0.717) is 27.6 Å². The molecule has 7 nitrogen and oxygen atoms in total. The van der Waals surface area contributed by atoms with Crippen molar-refractivity contribution in [1.82, 2.24) is 15.0 Å². The summed E-state index contributed by atoms with van der Waals surface area (Å²) in [6, 6.07) is 5.84. The van der Waals surface area contributed by atoms with E-state index in [0.717, 1.165) is 16.9 Å². The number of carbonyl (C=O) groups excluding carboxylic acids is 4. The predicted molar refractivity (Wildman–Crippen MR) is 163 cm³/mol. The van der Waals surface area contributed by atoms with Crippen LogP contribution in [0.4, 0.5) is 8.78 Å². The third kappa shape index (κ3) is 4.54. The first-order valence-corrected chi connectivity index (χ1v) is 13.1. The van der Waals surface area contributed by atoms with Gasteiger partial charge < -0.3 is 9.71 Å². The zero-order valence-electron chi connectivity index (χ0n) is 23.0. The van der Waals surface area contributed by atoms with Crippen molar-refractivity contribution in [1.29, 1.82) is 0 Å². The number of hydrogen-bond acceptors (Lipinski definition) is 4. The minimum atomic E-state index is -3.80. The molecule has 194 valence electrons. The first kappa shape index (κ1) is 29.1. The van der Waals surface area contributed by atoms with Crippen LogP contribution in [0.2, 0.25) is 5.02 Å². The SMILES string of the molecule is Bc1c(C(B)(B)N(B)C(=O)C(F)(F)c2ccc(Cl)cc2)cc2c(c1B)C(=O)N(C1CCC(=O)NC1=O)C2(B)B. The summed E-state index contributed by atoms with van der Waals surface area (Å²) in [5.41, 5.74) is 2.55. The van der Waals surface area contributed by atoms with Crippen LogP contribution in [0.3, 0.4) is 0 Å². The molecule has 2 heterocycles. The van der Waals surface area contributed by atoms with Gasteiger partial charge in [0.25, 0.3) is 11.8 Å². The van der Waals surface area contributed by atoms with Gasteiger partial charge >= 0.3 is 5.92 Å². The van der Waals surface area contributed by atoms with Gasteiger partial charge in [-0.25, -0.2) is 0 Å². The first-order chi connectivity index (χ1) is 17.9. The van der Waals surface area contributed by atoms with Gasteiger partial charge in [-0.15, -0.1) is 0 Å². The Kier molecular flexibility index (Phi) is 7.20. The minimum absolute atomic E-state index is 0.123. The van der Waals surface area contributed by atoms with Crippen molar-refractivity contribution in [2.45, 2.75) is 35.5 Å². The van der Waals surface area contributed by atoms with E-state index in [9.17, 15) is 19.2 Å². The number of imide groups is 1. The summed E-state index contributed by atoms with van der Waals surface area (Å²) in [6.45, 7) is 0. The number of piperidine rings is 1. The van der Waals surface area contributed by atoms with Crippen molar-refractivity contribution in [3.05, 3.63) is 57.6 Å². The van der Waals surface area contributed by atoms with E-state index in [-0.39, 0.29) is 29.7 Å². The molecule has 4 amide bonds. The first-order valence-electron chi connectivity index (χ1n) is 12.7. The highest BCUT2D eigenvalue weighted by molar-refractivity contribution is 6.55. The van der Waals surface area contributed by atoms with Crippen molar-refractivity contribution in [3.8, 4) is 0 Å². The average Bonchev–Trinajstić information content (AvgIpc) is 3.05. The van der Waals surface area contributed by atoms with Crippen LogP contribution in [-0.2, 0) is 31.0 Å². The highest BCUT2D eigenvalue weighted by Gasteiger charge is 2.51. The maximum Gasteiger partial charge on any atom is 0.348 e. The molecule has 0 saturated carbocycles. The number of carbonyl (C=O) groups is 4. The highest BCUT2D eigenvalue weighted by atomic mass is 35.5. The molecule has 1 atom stereocenters. The fourth-order valence-electron chi connectivity index (χ4n) is 5.70. The summed E-state index contributed by atoms with van der Waals surface area (Å²) in [7, 11) is 11.9. The molecule has 1 N–H and O–H groups in total. The molecule has 2 aromatic rings. The summed E-state index contributed by atoms with van der Waals surface area (Å²) >= 11 is 5.84. The van der Waals surface area contributed by atoms with Crippen LogP contribution >= 0.6 is 11.6 Å². The Bertz CT molecular complexity index is 1430. The maximum atomic E-state index is 15.3. The molecule has 1 fully saturated rings. The van der Waals surface area contributed by atoms with Gasteiger partial charge in [0, 0.05) is 27.9 Å². The topological polar surface area (TPSA) is 86.8 Å². The lowest BCUT2D eigenvalue weighted by Crippen LogP contribution is -2.59. The van der Waals surface area contributed by atoms with Crippen LogP contribution in [0.15, 0.2) is 30.3 Å². The lowest BCUT2D eigenvalue weighted by molar-refractivity contribution is -0.155. The number of amides is 4. The molecule has 39 heavy (non-hydrogen) atoms. The Balaban J connectivity index is 1.76. The normalized spacial score (nSPS) is 19.0. The van der Waals surface area contributed by atoms with Gasteiger partial charge in [0.1, 0.15) is 53.1 Å². The third-order valence-electron chi connectivity index (χ3n) is 8.39. The Labute approximate surface area is 237 Å². The molecule has 0 bridgehead atoms. The number of fused-ring (bicyclic) bond motifs is 1. The number of nitrogens with one attached hydrogen (secondary N) is 1. The van der Waals surface area contributed by atoms with Crippen LogP contribution in [-0.4, -0.2) is 94.4 Å². The number of benzene rings is 2. The zero-order valence-corrected chi connectivity index (χ0v) is 23.8. The molecule has 1 unspecified atom stereocenters. The Morgan fingerprint density at radius 2 is 1.69 bits per heavy atom. The maximum absolute atomic E-state index is 15.3. The van der Waals surface area contributed by atoms with Gasteiger partial charge in [-0.3, -0.25) is 24.5 Å². The van der Waals surface area contributed by atoms with Crippen molar-refractivity contribution >= 4 is 101 Å². The van der Waals surface area contributed by atoms with Crippen LogP contribution in [0.5, 0.6) is 0 Å². The van der Waals surface area contributed by atoms with Crippen molar-refractivity contribution < 1.29 is 28.0 Å². The van der Waals surface area contributed by atoms with E-state index in [1.165, 1.54) is 25.0 Å². The second kappa shape index (κ2) is 9.64. The van der Waals surface area contributed by atoms with E-state index in [1.807, 2.05) is 15.7 Å². The van der Waals surface area contributed by atoms with E-state index in [4.69, 9.17) is 11.6 Å². The fourth-order valence-corrected chi connectivity index (χ4v) is 5.83. The Hall–Kier alpha value is -2.88. The predicted octanol–water partition coefficient (Wildman–Crippen LogP) is -5.96. The van der Waals surface area contributed by atoms with Gasteiger partial charge in [-0.1, -0.05) is 40.7 Å². The Morgan fingerprint density at radius 3 is 2.26 bits per heavy atom. The molecule has 17 heteroatoms. The summed E-state index contributed by atoms with van der Waals surface area (Å²) in [6.07, 6.45) is 0.332. The molecule has 2 aromatic carbocycles. The quantitative estimate of drug-likeness (QED) is 0.300. The average molecular weight is 545 g/mol. The second-order valence-electron chi connectivity index (χ2n) is 11.3. The molecule has 0 aromatic heterocycles. The summed E-state index contributed by atoms with van der Waals surface area (Å²) < 4.78 is 30.7. The molecular weight excluding hydrogens is 519 g/mol. The van der Waals surface area contributed by atoms with Crippen LogP contribution in [0.25, 0.3) is 0 Å². The molecule has 1 saturated heterocycles. The standard InChI is InChI=1S/C22H25B7ClF2N3O4/c23-15-11(22(27,28)35(29)19(39)20(31,32)8-1-3-9(30)4-2-8)7-10-14(16(15)24)18(38)34(21(10,25)26)12-5-6-13(36)33-17(12)37/h1-4,7,12H,5-6,23-29H2,(H,33,36,37). The van der Waals surface area contributed by atoms with E-state index < -0.39 is 40.0 Å². The van der Waals surface area contributed by atoms with Crippen molar-refractivity contribution in [3.63, 3.8) is 0 Å². The number of rotatable bonds is 5. The molecule has 0 aliphatic carbocycles. The minimum Gasteiger partial charge on any atom is -0.393 e. The number of halogens is 3. The summed E-state index contributed by atoms with van der Waals surface area (Å²) in [4.78, 5) is 53.9. The van der Waals surface area contributed by atoms with Crippen molar-refractivity contribution in [2.75, 3.05) is 0 Å². The smallest absolute Gasteiger partial charge is 0.348 e. The molecule has 0 spiro atoms. The lowest BCUT2D eigenvalue weighted by Gasteiger charge is -2.42. The van der Waals surface area contributed by atoms with Crippen LogP contribution in [0.1, 0.15) is 39.9 Å². The van der Waals surface area contributed by atoms with Gasteiger partial charge in [0.15, 0.2) is 0 Å². The van der Waals surface area contributed by atoms with Crippen LogP contribution < -0.4 is 16.2 Å². The number of nitrogens with zero attached hydrogens (tertiary/aromatic N) is 2. The molecule has 4 rings (SSSR count). The lowest BCUT2D eigenvalue weighted by atomic mass is 9.50. The van der Waals surface area contributed by atoms with Gasteiger partial charge in [-0.05, 0) is 35.0 Å².